The van der Waals surface area contributed by atoms with Crippen LogP contribution in [0, 0.1) is 13.8 Å². The second-order valence-corrected chi connectivity index (χ2v) is 6.53. The van der Waals surface area contributed by atoms with Crippen molar-refractivity contribution >= 4 is 16.2 Å². The average Bonchev–Trinajstić information content (AvgIpc) is 2.49. The minimum atomic E-state index is -3.68. The summed E-state index contributed by atoms with van der Waals surface area (Å²) in [7, 11) is -2.11. The van der Waals surface area contributed by atoms with E-state index in [2.05, 4.69) is 9.93 Å². The van der Waals surface area contributed by atoms with Gasteiger partial charge in [-0.25, -0.2) is 4.83 Å². The zero-order valence-electron chi connectivity index (χ0n) is 12.7. The van der Waals surface area contributed by atoms with Crippen LogP contribution in [0.5, 0.6) is 5.75 Å². The number of hydrogen-bond acceptors (Lipinski definition) is 4. The number of ether oxygens (including phenoxy) is 1. The van der Waals surface area contributed by atoms with Crippen molar-refractivity contribution in [2.24, 2.45) is 5.10 Å². The van der Waals surface area contributed by atoms with E-state index in [4.69, 9.17) is 4.74 Å². The Hall–Kier alpha value is -2.34. The van der Waals surface area contributed by atoms with Gasteiger partial charge in [0.25, 0.3) is 10.0 Å². The first-order valence-electron chi connectivity index (χ1n) is 6.68. The highest BCUT2D eigenvalue weighted by atomic mass is 32.2. The molecule has 0 amide bonds. The molecule has 0 saturated heterocycles. The van der Waals surface area contributed by atoms with Crippen LogP contribution in [0.3, 0.4) is 0 Å². The molecule has 2 aromatic carbocycles. The summed E-state index contributed by atoms with van der Waals surface area (Å²) < 4.78 is 29.6. The molecule has 0 spiro atoms. The molecule has 0 bridgehead atoms. The van der Waals surface area contributed by atoms with Crippen LogP contribution in [0.25, 0.3) is 0 Å². The molecule has 0 aliphatic rings. The van der Waals surface area contributed by atoms with Crippen molar-refractivity contribution < 1.29 is 13.2 Å². The van der Waals surface area contributed by atoms with Crippen molar-refractivity contribution in [3.05, 3.63) is 59.2 Å². The van der Waals surface area contributed by atoms with Gasteiger partial charge in [-0.1, -0.05) is 24.3 Å². The molecule has 5 nitrogen and oxygen atoms in total. The molecule has 0 aromatic heterocycles. The molecular formula is C16H18N2O3S. The maximum atomic E-state index is 12.3. The minimum absolute atomic E-state index is 0.232. The van der Waals surface area contributed by atoms with Crippen LogP contribution < -0.4 is 9.57 Å². The van der Waals surface area contributed by atoms with Crippen LogP contribution in [0.4, 0.5) is 0 Å². The lowest BCUT2D eigenvalue weighted by atomic mass is 10.2. The topological polar surface area (TPSA) is 67.8 Å². The van der Waals surface area contributed by atoms with Crippen LogP contribution in [0.15, 0.2) is 52.5 Å². The summed E-state index contributed by atoms with van der Waals surface area (Å²) in [5, 5.41) is 3.82. The summed E-state index contributed by atoms with van der Waals surface area (Å²) in [6.07, 6.45) is 1.44. The van der Waals surface area contributed by atoms with Crippen LogP contribution in [-0.2, 0) is 10.0 Å². The molecular weight excluding hydrogens is 300 g/mol. The fourth-order valence-corrected chi connectivity index (χ4v) is 3.06. The molecule has 0 atom stereocenters. The summed E-state index contributed by atoms with van der Waals surface area (Å²) in [6.45, 7) is 3.59. The number of hydrogen-bond donors (Lipinski definition) is 1. The molecule has 0 aliphatic heterocycles. The third-order valence-corrected chi connectivity index (χ3v) is 4.48. The summed E-state index contributed by atoms with van der Waals surface area (Å²) in [6, 6.07) is 12.4. The van der Waals surface area contributed by atoms with Crippen molar-refractivity contribution in [1.82, 2.24) is 4.83 Å². The van der Waals surface area contributed by atoms with E-state index in [1.165, 1.54) is 6.21 Å². The summed E-state index contributed by atoms with van der Waals surface area (Å²) >= 11 is 0. The molecule has 22 heavy (non-hydrogen) atoms. The maximum Gasteiger partial charge on any atom is 0.276 e. The first-order chi connectivity index (χ1) is 10.4. The smallest absolute Gasteiger partial charge is 0.276 e. The molecule has 116 valence electrons. The lowest BCUT2D eigenvalue weighted by Crippen LogP contribution is -2.19. The standard InChI is InChI=1S/C16H18N2O3S/c1-12-7-8-13(2)16(9-12)22(19,20)18-17-11-14-5-4-6-15(10-14)21-3/h4-11,18H,1-3H3/b17-11+. The SMILES string of the molecule is COc1cccc(/C=N/NS(=O)(=O)c2cc(C)ccc2C)c1. The number of aryl methyl sites for hydroxylation is 2. The van der Waals surface area contributed by atoms with Gasteiger partial charge in [0, 0.05) is 0 Å². The van der Waals surface area contributed by atoms with E-state index in [1.807, 2.05) is 13.0 Å². The molecule has 0 radical (unpaired) electrons. The van der Waals surface area contributed by atoms with Gasteiger partial charge in [-0.2, -0.15) is 13.5 Å². The van der Waals surface area contributed by atoms with E-state index in [-0.39, 0.29) is 4.90 Å². The van der Waals surface area contributed by atoms with Crippen LogP contribution >= 0.6 is 0 Å². The second-order valence-electron chi connectivity index (χ2n) is 4.90. The molecule has 6 heteroatoms. The molecule has 2 rings (SSSR count). The van der Waals surface area contributed by atoms with E-state index in [0.717, 1.165) is 11.1 Å². The second kappa shape index (κ2) is 6.62. The number of nitrogens with zero attached hydrogens (tertiary/aromatic N) is 1. The van der Waals surface area contributed by atoms with Gasteiger partial charge in [-0.3, -0.25) is 0 Å². The molecule has 0 fully saturated rings. The largest absolute Gasteiger partial charge is 0.497 e. The zero-order chi connectivity index (χ0) is 16.2. The van der Waals surface area contributed by atoms with E-state index in [1.54, 1.807) is 50.4 Å². The Morgan fingerprint density at radius 2 is 1.91 bits per heavy atom. The van der Waals surface area contributed by atoms with Gasteiger partial charge in [-0.05, 0) is 48.7 Å². The summed E-state index contributed by atoms with van der Waals surface area (Å²) in [5.74, 6) is 0.682. The predicted molar refractivity (Wildman–Crippen MR) is 86.8 cm³/mol. The molecule has 2 aromatic rings. The Morgan fingerprint density at radius 1 is 1.14 bits per heavy atom. The maximum absolute atomic E-state index is 12.3. The fourth-order valence-electron chi connectivity index (χ4n) is 1.94. The molecule has 0 unspecified atom stereocenters. The van der Waals surface area contributed by atoms with Crippen molar-refractivity contribution in [3.63, 3.8) is 0 Å². The van der Waals surface area contributed by atoms with E-state index in [9.17, 15) is 8.42 Å². The van der Waals surface area contributed by atoms with Crippen molar-refractivity contribution in [3.8, 4) is 5.75 Å². The predicted octanol–water partition coefficient (Wildman–Crippen LogP) is 2.62. The van der Waals surface area contributed by atoms with Gasteiger partial charge < -0.3 is 4.74 Å². The summed E-state index contributed by atoms with van der Waals surface area (Å²) in [5.41, 5.74) is 2.29. The number of benzene rings is 2. The normalized spacial score (nSPS) is 11.6. The van der Waals surface area contributed by atoms with Gasteiger partial charge in [0.2, 0.25) is 0 Å². The Labute approximate surface area is 130 Å². The van der Waals surface area contributed by atoms with Crippen molar-refractivity contribution in [2.75, 3.05) is 7.11 Å². The van der Waals surface area contributed by atoms with Crippen molar-refractivity contribution in [2.45, 2.75) is 18.7 Å². The van der Waals surface area contributed by atoms with Gasteiger partial charge >= 0.3 is 0 Å². The Bertz CT molecular complexity index is 799. The van der Waals surface area contributed by atoms with Gasteiger partial charge in [-0.15, -0.1) is 0 Å². The quantitative estimate of drug-likeness (QED) is 0.680. The highest BCUT2D eigenvalue weighted by molar-refractivity contribution is 7.89. The summed E-state index contributed by atoms with van der Waals surface area (Å²) in [4.78, 5) is 2.46. The molecule has 1 N–H and O–H groups in total. The Morgan fingerprint density at radius 3 is 2.64 bits per heavy atom. The lowest BCUT2D eigenvalue weighted by Gasteiger charge is -2.07. The molecule has 0 heterocycles. The minimum Gasteiger partial charge on any atom is -0.497 e. The third kappa shape index (κ3) is 3.85. The number of rotatable bonds is 5. The molecule has 0 saturated carbocycles. The third-order valence-electron chi connectivity index (χ3n) is 3.11. The highest BCUT2D eigenvalue weighted by Gasteiger charge is 2.15. The van der Waals surface area contributed by atoms with Crippen LogP contribution in [0.2, 0.25) is 0 Å². The van der Waals surface area contributed by atoms with Crippen LogP contribution in [-0.4, -0.2) is 21.7 Å². The van der Waals surface area contributed by atoms with E-state index in [0.29, 0.717) is 11.3 Å². The highest BCUT2D eigenvalue weighted by Crippen LogP contribution is 2.16. The first-order valence-corrected chi connectivity index (χ1v) is 8.17. The van der Waals surface area contributed by atoms with Crippen LogP contribution in [0.1, 0.15) is 16.7 Å². The Balaban J connectivity index is 2.18. The fraction of sp³-hybridized carbons (Fsp3) is 0.188. The number of methoxy groups -OCH3 is 1. The van der Waals surface area contributed by atoms with Gasteiger partial charge in [0.1, 0.15) is 5.75 Å². The number of sulfonamides is 1. The van der Waals surface area contributed by atoms with Gasteiger partial charge in [0.05, 0.1) is 18.2 Å². The monoisotopic (exact) mass is 318 g/mol. The Kier molecular flexibility index (Phi) is 4.82. The zero-order valence-corrected chi connectivity index (χ0v) is 13.5. The van der Waals surface area contributed by atoms with E-state index >= 15 is 0 Å². The number of hydrazone groups is 1. The average molecular weight is 318 g/mol. The molecule has 0 aliphatic carbocycles. The van der Waals surface area contributed by atoms with Crippen molar-refractivity contribution in [1.29, 1.82) is 0 Å². The van der Waals surface area contributed by atoms with E-state index < -0.39 is 10.0 Å². The number of nitrogens with one attached hydrogen (secondary N) is 1. The van der Waals surface area contributed by atoms with Gasteiger partial charge in [0.15, 0.2) is 0 Å². The first kappa shape index (κ1) is 16.0. The lowest BCUT2D eigenvalue weighted by molar-refractivity contribution is 0.415.